The van der Waals surface area contributed by atoms with E-state index in [0.29, 0.717) is 6.61 Å². The van der Waals surface area contributed by atoms with E-state index in [1.807, 2.05) is 0 Å². The molecular weight excluding hydrogens is 247 g/mol. The first kappa shape index (κ1) is 15.4. The maximum absolute atomic E-state index is 11.8. The molecule has 3 nitrogen and oxygen atoms in total. The van der Waals surface area contributed by atoms with E-state index in [9.17, 15) is 9.46 Å². The molecule has 0 saturated carbocycles. The van der Waals surface area contributed by atoms with Gasteiger partial charge in [-0.1, -0.05) is 69.4 Å². The molecule has 1 unspecified atom stereocenters. The second-order valence-electron chi connectivity index (χ2n) is 4.43. The predicted molar refractivity (Wildman–Crippen MR) is 73.0 cm³/mol. The van der Waals surface area contributed by atoms with Gasteiger partial charge in [0.05, 0.1) is 6.61 Å². The van der Waals surface area contributed by atoms with E-state index >= 15 is 0 Å². The number of unbranched alkanes of at least 4 members (excludes halogenated alkanes) is 5. The van der Waals surface area contributed by atoms with Crippen molar-refractivity contribution in [1.29, 1.82) is 0 Å². The van der Waals surface area contributed by atoms with Gasteiger partial charge in [0.1, 0.15) is 0 Å². The van der Waals surface area contributed by atoms with Crippen molar-refractivity contribution in [3.8, 4) is 0 Å². The molecule has 18 heavy (non-hydrogen) atoms. The number of hydrogen-bond acceptors (Lipinski definition) is 3. The zero-order chi connectivity index (χ0) is 13.3. The van der Waals surface area contributed by atoms with Crippen LogP contribution in [-0.2, 0) is 9.09 Å². The Bertz CT molecular complexity index is 365. The molecular formula is C14H22O3P-. The first-order valence-corrected chi connectivity index (χ1v) is 8.22. The molecule has 0 N–H and O–H groups in total. The summed E-state index contributed by atoms with van der Waals surface area (Å²) in [7, 11) is -3.86. The Morgan fingerprint density at radius 2 is 1.67 bits per heavy atom. The molecule has 0 aromatic heterocycles. The fraction of sp³-hybridized carbons (Fsp3) is 0.571. The third-order valence-electron chi connectivity index (χ3n) is 2.83. The van der Waals surface area contributed by atoms with Crippen LogP contribution in [0.1, 0.15) is 45.4 Å². The Labute approximate surface area is 110 Å². The Kier molecular flexibility index (Phi) is 7.26. The summed E-state index contributed by atoms with van der Waals surface area (Å²) < 4.78 is 16.8. The van der Waals surface area contributed by atoms with Crippen LogP contribution in [0.25, 0.3) is 0 Å². The monoisotopic (exact) mass is 269 g/mol. The van der Waals surface area contributed by atoms with Crippen LogP contribution in [0.15, 0.2) is 30.3 Å². The van der Waals surface area contributed by atoms with E-state index in [4.69, 9.17) is 4.52 Å². The lowest BCUT2D eigenvalue weighted by Gasteiger charge is -2.23. The van der Waals surface area contributed by atoms with Crippen molar-refractivity contribution in [2.75, 3.05) is 6.61 Å². The Balaban J connectivity index is 2.20. The van der Waals surface area contributed by atoms with E-state index < -0.39 is 7.60 Å². The standard InChI is InChI=1S/C14H23O3P/c1-2-3-4-5-6-10-13-17-18(15,16)14-11-8-7-9-12-14/h7-9,11-12H,2-6,10,13H2,1H3,(H,15,16)/p-1. The molecule has 0 radical (unpaired) electrons. The van der Waals surface area contributed by atoms with Crippen molar-refractivity contribution in [3.63, 3.8) is 0 Å². The molecule has 0 aliphatic heterocycles. The molecule has 0 bridgehead atoms. The smallest absolute Gasteiger partial charge is 0.165 e. The highest BCUT2D eigenvalue weighted by atomic mass is 31.2. The molecule has 102 valence electrons. The summed E-state index contributed by atoms with van der Waals surface area (Å²) in [6.45, 7) is 2.47. The van der Waals surface area contributed by atoms with Crippen molar-refractivity contribution in [2.45, 2.75) is 45.4 Å². The minimum Gasteiger partial charge on any atom is -0.775 e. The van der Waals surface area contributed by atoms with Crippen LogP contribution in [-0.4, -0.2) is 6.61 Å². The van der Waals surface area contributed by atoms with Crippen LogP contribution >= 0.6 is 7.60 Å². The largest absolute Gasteiger partial charge is 0.775 e. The lowest BCUT2D eigenvalue weighted by Crippen LogP contribution is -2.17. The van der Waals surface area contributed by atoms with E-state index in [2.05, 4.69) is 6.92 Å². The minimum atomic E-state index is -3.86. The Morgan fingerprint density at radius 3 is 2.33 bits per heavy atom. The summed E-state index contributed by atoms with van der Waals surface area (Å²) in [4.78, 5) is 11.8. The average Bonchev–Trinajstić information content (AvgIpc) is 2.39. The fourth-order valence-corrected chi connectivity index (χ4v) is 2.81. The summed E-state index contributed by atoms with van der Waals surface area (Å²) >= 11 is 0. The topological polar surface area (TPSA) is 49.4 Å². The van der Waals surface area contributed by atoms with Crippen molar-refractivity contribution >= 4 is 12.9 Å². The zero-order valence-electron chi connectivity index (χ0n) is 11.0. The number of hydrogen-bond donors (Lipinski definition) is 0. The molecule has 1 atom stereocenters. The molecule has 1 rings (SSSR count). The molecule has 0 saturated heterocycles. The second-order valence-corrected chi connectivity index (χ2v) is 6.20. The quantitative estimate of drug-likeness (QED) is 0.511. The lowest BCUT2D eigenvalue weighted by atomic mass is 10.1. The van der Waals surface area contributed by atoms with Crippen molar-refractivity contribution in [2.24, 2.45) is 0 Å². The van der Waals surface area contributed by atoms with Gasteiger partial charge < -0.3 is 14.0 Å². The van der Waals surface area contributed by atoms with E-state index in [-0.39, 0.29) is 5.30 Å². The highest BCUT2D eigenvalue weighted by molar-refractivity contribution is 7.59. The van der Waals surface area contributed by atoms with Gasteiger partial charge in [-0.05, 0) is 6.42 Å². The Morgan fingerprint density at radius 1 is 1.06 bits per heavy atom. The summed E-state index contributed by atoms with van der Waals surface area (Å²) in [6.07, 6.45) is 6.71. The second kappa shape index (κ2) is 8.47. The Hall–Kier alpha value is -0.630. The first-order valence-electron chi connectivity index (χ1n) is 6.68. The number of benzene rings is 1. The molecule has 4 heteroatoms. The molecule has 0 fully saturated rings. The van der Waals surface area contributed by atoms with E-state index in [0.717, 1.165) is 19.3 Å². The van der Waals surface area contributed by atoms with Crippen molar-refractivity contribution in [1.82, 2.24) is 0 Å². The highest BCUT2D eigenvalue weighted by Gasteiger charge is 2.10. The molecule has 0 aliphatic carbocycles. The summed E-state index contributed by atoms with van der Waals surface area (Å²) in [6, 6.07) is 8.32. The van der Waals surface area contributed by atoms with Crippen molar-refractivity contribution in [3.05, 3.63) is 30.3 Å². The third kappa shape index (κ3) is 5.81. The normalized spacial score (nSPS) is 14.3. The van der Waals surface area contributed by atoms with Crippen LogP contribution in [0, 0.1) is 0 Å². The van der Waals surface area contributed by atoms with Crippen molar-refractivity contribution < 1.29 is 14.0 Å². The SMILES string of the molecule is CCCCCCCCOP(=O)([O-])c1ccccc1. The van der Waals surface area contributed by atoms with Gasteiger partial charge in [-0.2, -0.15) is 0 Å². The predicted octanol–water partition coefficient (Wildman–Crippen LogP) is 3.24. The number of rotatable bonds is 9. The average molecular weight is 269 g/mol. The lowest BCUT2D eigenvalue weighted by molar-refractivity contribution is -0.193. The van der Waals surface area contributed by atoms with Crippen LogP contribution in [0.3, 0.4) is 0 Å². The van der Waals surface area contributed by atoms with Gasteiger partial charge in [0.15, 0.2) is 7.60 Å². The maximum atomic E-state index is 11.8. The summed E-state index contributed by atoms with van der Waals surface area (Å²) in [5, 5.41) is 0.260. The van der Waals surface area contributed by atoms with Crippen LogP contribution < -0.4 is 10.2 Å². The molecule has 0 amide bonds. The molecule has 0 aliphatic rings. The van der Waals surface area contributed by atoms with Crippen LogP contribution in [0.2, 0.25) is 0 Å². The summed E-state index contributed by atoms with van der Waals surface area (Å²) in [5.74, 6) is 0. The van der Waals surface area contributed by atoms with Crippen LogP contribution in [0.4, 0.5) is 0 Å². The first-order chi connectivity index (χ1) is 8.67. The molecule has 0 spiro atoms. The molecule has 1 aromatic carbocycles. The third-order valence-corrected chi connectivity index (χ3v) is 4.28. The minimum absolute atomic E-state index is 0.260. The maximum Gasteiger partial charge on any atom is 0.165 e. The molecule has 0 heterocycles. The van der Waals surface area contributed by atoms with E-state index in [1.165, 1.54) is 19.3 Å². The van der Waals surface area contributed by atoms with E-state index in [1.54, 1.807) is 30.3 Å². The van der Waals surface area contributed by atoms with Gasteiger partial charge in [0.2, 0.25) is 0 Å². The summed E-state index contributed by atoms with van der Waals surface area (Å²) in [5.41, 5.74) is 0. The van der Waals surface area contributed by atoms with Crippen LogP contribution in [0.5, 0.6) is 0 Å². The zero-order valence-corrected chi connectivity index (χ0v) is 11.9. The van der Waals surface area contributed by atoms with Gasteiger partial charge in [0, 0.05) is 5.30 Å². The fourth-order valence-electron chi connectivity index (χ4n) is 1.75. The van der Waals surface area contributed by atoms with Gasteiger partial charge in [-0.15, -0.1) is 0 Å². The van der Waals surface area contributed by atoms with Gasteiger partial charge >= 0.3 is 0 Å². The van der Waals surface area contributed by atoms with Gasteiger partial charge in [-0.25, -0.2) is 0 Å². The van der Waals surface area contributed by atoms with Gasteiger partial charge in [0.25, 0.3) is 0 Å². The molecule has 1 aromatic rings. The highest BCUT2D eigenvalue weighted by Crippen LogP contribution is 2.35. The van der Waals surface area contributed by atoms with Gasteiger partial charge in [-0.3, -0.25) is 0 Å².